The van der Waals surface area contributed by atoms with Crippen LogP contribution in [0.15, 0.2) is 41.8 Å². The van der Waals surface area contributed by atoms with E-state index in [4.69, 9.17) is 4.74 Å². The average molecular weight is 500 g/mol. The van der Waals surface area contributed by atoms with Gasteiger partial charge < -0.3 is 14.5 Å². The van der Waals surface area contributed by atoms with Gasteiger partial charge in [-0.15, -0.1) is 16.4 Å². The van der Waals surface area contributed by atoms with E-state index in [0.717, 1.165) is 4.88 Å². The van der Waals surface area contributed by atoms with E-state index in [1.165, 1.54) is 40.1 Å². The molecule has 0 saturated carbocycles. The van der Waals surface area contributed by atoms with Gasteiger partial charge in [0.2, 0.25) is 11.7 Å². The highest BCUT2D eigenvalue weighted by Gasteiger charge is 2.30. The summed E-state index contributed by atoms with van der Waals surface area (Å²) in [6, 6.07) is 9.46. The second kappa shape index (κ2) is 10.8. The zero-order valence-electron chi connectivity index (χ0n) is 19.5. The highest BCUT2D eigenvalue weighted by Crippen LogP contribution is 2.26. The van der Waals surface area contributed by atoms with Gasteiger partial charge in [-0.2, -0.15) is 0 Å². The number of hydrogen-bond donors (Lipinski definition) is 0. The van der Waals surface area contributed by atoms with Crippen LogP contribution in [0.1, 0.15) is 30.4 Å². The van der Waals surface area contributed by atoms with Gasteiger partial charge in [-0.3, -0.25) is 14.4 Å². The molecule has 1 aliphatic heterocycles. The topological polar surface area (TPSA) is 97.6 Å². The third kappa shape index (κ3) is 5.56. The van der Waals surface area contributed by atoms with Crippen LogP contribution in [0.3, 0.4) is 0 Å². The number of hydrogen-bond acceptors (Lipinski definition) is 7. The van der Waals surface area contributed by atoms with Crippen molar-refractivity contribution >= 4 is 29.1 Å². The summed E-state index contributed by atoms with van der Waals surface area (Å²) >= 11 is 1.44. The molecule has 1 saturated heterocycles. The van der Waals surface area contributed by atoms with Gasteiger partial charge in [0, 0.05) is 20.1 Å². The summed E-state index contributed by atoms with van der Waals surface area (Å²) in [5.74, 6) is -1.12. The standard InChI is InChI=1S/C24H26FN5O4S/c1-3-34-24(33)16-10-12-29(13-11-16)20(31)15-28(2)23(32)21-26-22(19-5-4-14-35-19)30(27-21)18-8-6-17(25)7-9-18/h4-9,14,16H,3,10-13,15H2,1-2H3. The number of likely N-dealkylation sites (N-methyl/N-ethyl adjacent to an activating group) is 1. The fraction of sp³-hybridized carbons (Fsp3) is 0.375. The summed E-state index contributed by atoms with van der Waals surface area (Å²) in [5, 5.41) is 6.26. The lowest BCUT2D eigenvalue weighted by Crippen LogP contribution is -2.45. The van der Waals surface area contributed by atoms with Gasteiger partial charge >= 0.3 is 5.97 Å². The zero-order chi connectivity index (χ0) is 24.9. The molecule has 3 aromatic rings. The number of ether oxygens (including phenoxy) is 1. The number of amides is 2. The van der Waals surface area contributed by atoms with Gasteiger partial charge in [-0.1, -0.05) is 6.07 Å². The lowest BCUT2D eigenvalue weighted by molar-refractivity contribution is -0.151. The smallest absolute Gasteiger partial charge is 0.309 e. The summed E-state index contributed by atoms with van der Waals surface area (Å²) in [4.78, 5) is 46.0. The van der Waals surface area contributed by atoms with Crippen molar-refractivity contribution in [2.75, 3.05) is 33.3 Å². The van der Waals surface area contributed by atoms with Crippen LogP contribution < -0.4 is 0 Å². The quantitative estimate of drug-likeness (QED) is 0.464. The van der Waals surface area contributed by atoms with Gasteiger partial charge in [0.15, 0.2) is 5.82 Å². The van der Waals surface area contributed by atoms with Crippen LogP contribution in [0.25, 0.3) is 16.4 Å². The van der Waals surface area contributed by atoms with Crippen LogP contribution >= 0.6 is 11.3 Å². The van der Waals surface area contributed by atoms with Gasteiger partial charge in [0.1, 0.15) is 5.82 Å². The second-order valence-electron chi connectivity index (χ2n) is 8.19. The molecular weight excluding hydrogens is 473 g/mol. The third-order valence-corrected chi connectivity index (χ3v) is 6.66. The minimum absolute atomic E-state index is 0.0611. The molecule has 0 aliphatic carbocycles. The van der Waals surface area contributed by atoms with E-state index < -0.39 is 5.91 Å². The number of thiophene rings is 1. The summed E-state index contributed by atoms with van der Waals surface area (Å²) in [5.41, 5.74) is 0.560. The number of rotatable bonds is 7. The minimum atomic E-state index is -0.501. The van der Waals surface area contributed by atoms with E-state index in [2.05, 4.69) is 10.1 Å². The molecule has 0 N–H and O–H groups in total. The van der Waals surface area contributed by atoms with E-state index in [0.29, 0.717) is 44.0 Å². The van der Waals surface area contributed by atoms with Crippen molar-refractivity contribution in [3.8, 4) is 16.4 Å². The van der Waals surface area contributed by atoms with Crippen molar-refractivity contribution in [1.82, 2.24) is 24.6 Å². The summed E-state index contributed by atoms with van der Waals surface area (Å²) in [7, 11) is 1.52. The van der Waals surface area contributed by atoms with Gasteiger partial charge in [-0.25, -0.2) is 14.1 Å². The van der Waals surface area contributed by atoms with Crippen LogP contribution in [0.4, 0.5) is 4.39 Å². The first-order valence-corrected chi connectivity index (χ1v) is 12.2. The molecule has 2 amide bonds. The summed E-state index contributed by atoms with van der Waals surface area (Å²) in [6.07, 6.45) is 1.08. The van der Waals surface area contributed by atoms with E-state index in [1.807, 2.05) is 17.5 Å². The second-order valence-corrected chi connectivity index (χ2v) is 9.14. The largest absolute Gasteiger partial charge is 0.466 e. The Kier molecular flexibility index (Phi) is 7.54. The maximum Gasteiger partial charge on any atom is 0.309 e. The predicted octanol–water partition coefficient (Wildman–Crippen LogP) is 3.01. The predicted molar refractivity (Wildman–Crippen MR) is 128 cm³/mol. The van der Waals surface area contributed by atoms with Gasteiger partial charge in [0.05, 0.1) is 29.6 Å². The number of piperidine rings is 1. The van der Waals surface area contributed by atoms with Gasteiger partial charge in [0.25, 0.3) is 5.91 Å². The fourth-order valence-electron chi connectivity index (χ4n) is 3.90. The van der Waals surface area contributed by atoms with Crippen LogP contribution in [0.2, 0.25) is 0 Å². The van der Waals surface area contributed by atoms with Crippen molar-refractivity contribution in [3.63, 3.8) is 0 Å². The zero-order valence-corrected chi connectivity index (χ0v) is 20.3. The molecule has 1 aromatic carbocycles. The van der Waals surface area contributed by atoms with E-state index in [1.54, 1.807) is 24.0 Å². The number of nitrogens with zero attached hydrogens (tertiary/aromatic N) is 5. The maximum atomic E-state index is 13.4. The van der Waals surface area contributed by atoms with Crippen molar-refractivity contribution in [3.05, 3.63) is 53.4 Å². The number of carbonyl (C=O) groups is 3. The molecular formula is C24H26FN5O4S. The number of carbonyl (C=O) groups excluding carboxylic acids is 3. The Labute approximate surface area is 206 Å². The van der Waals surface area contributed by atoms with Gasteiger partial charge in [-0.05, 0) is 55.5 Å². The first-order valence-electron chi connectivity index (χ1n) is 11.3. The number of benzene rings is 1. The SMILES string of the molecule is CCOC(=O)C1CCN(C(=O)CN(C)C(=O)c2nc(-c3cccs3)n(-c3ccc(F)cc3)n2)CC1. The van der Waals surface area contributed by atoms with Crippen molar-refractivity contribution in [1.29, 1.82) is 0 Å². The normalized spacial score (nSPS) is 14.1. The highest BCUT2D eigenvalue weighted by atomic mass is 32.1. The molecule has 0 bridgehead atoms. The minimum Gasteiger partial charge on any atom is -0.466 e. The lowest BCUT2D eigenvalue weighted by Gasteiger charge is -2.31. The Morgan fingerprint density at radius 3 is 2.51 bits per heavy atom. The lowest BCUT2D eigenvalue weighted by atomic mass is 9.97. The summed E-state index contributed by atoms with van der Waals surface area (Å²) in [6.45, 7) is 2.84. The molecule has 0 atom stereocenters. The Bertz CT molecular complexity index is 1190. The molecule has 4 rings (SSSR count). The Morgan fingerprint density at radius 2 is 1.89 bits per heavy atom. The Balaban J connectivity index is 1.45. The van der Waals surface area contributed by atoms with E-state index in [-0.39, 0.29) is 36.0 Å². The molecule has 11 heteroatoms. The highest BCUT2D eigenvalue weighted by molar-refractivity contribution is 7.13. The van der Waals surface area contributed by atoms with Crippen LogP contribution in [-0.4, -0.2) is 75.6 Å². The number of likely N-dealkylation sites (tertiary alicyclic amines) is 1. The molecule has 0 unspecified atom stereocenters. The van der Waals surface area contributed by atoms with Crippen molar-refractivity contribution in [2.45, 2.75) is 19.8 Å². The molecule has 1 fully saturated rings. The molecule has 0 radical (unpaired) electrons. The van der Waals surface area contributed by atoms with E-state index in [9.17, 15) is 18.8 Å². The number of halogens is 1. The Hall–Kier alpha value is -3.60. The molecule has 1 aliphatic rings. The molecule has 35 heavy (non-hydrogen) atoms. The average Bonchev–Trinajstić information content (AvgIpc) is 3.54. The number of aromatic nitrogens is 3. The maximum absolute atomic E-state index is 13.4. The Morgan fingerprint density at radius 1 is 1.17 bits per heavy atom. The molecule has 9 nitrogen and oxygen atoms in total. The summed E-state index contributed by atoms with van der Waals surface area (Å²) < 4.78 is 20.0. The van der Waals surface area contributed by atoms with Crippen LogP contribution in [-0.2, 0) is 14.3 Å². The van der Waals surface area contributed by atoms with Crippen molar-refractivity contribution < 1.29 is 23.5 Å². The molecule has 0 spiro atoms. The number of esters is 1. The van der Waals surface area contributed by atoms with Crippen LogP contribution in [0, 0.1) is 11.7 Å². The molecule has 3 heterocycles. The van der Waals surface area contributed by atoms with E-state index >= 15 is 0 Å². The molecule has 184 valence electrons. The fourth-order valence-corrected chi connectivity index (χ4v) is 4.60. The van der Waals surface area contributed by atoms with Crippen LogP contribution in [0.5, 0.6) is 0 Å². The first-order chi connectivity index (χ1) is 16.9. The molecule has 2 aromatic heterocycles. The first kappa shape index (κ1) is 24.5. The van der Waals surface area contributed by atoms with Crippen molar-refractivity contribution in [2.24, 2.45) is 5.92 Å². The third-order valence-electron chi connectivity index (χ3n) is 5.80. The monoisotopic (exact) mass is 499 g/mol.